The van der Waals surface area contributed by atoms with Crippen molar-refractivity contribution in [3.05, 3.63) is 76.9 Å². The lowest BCUT2D eigenvalue weighted by atomic mass is 9.85. The molecule has 0 unspecified atom stereocenters. The fourth-order valence-electron chi connectivity index (χ4n) is 5.35. The van der Waals surface area contributed by atoms with Crippen LogP contribution in [0.2, 0.25) is 0 Å². The highest BCUT2D eigenvalue weighted by molar-refractivity contribution is 5.90. The number of nitrogens with one attached hydrogen (secondary N) is 1. The number of aromatic nitrogens is 2. The first-order valence-electron chi connectivity index (χ1n) is 12.7. The molecule has 176 valence electrons. The molecular formula is C29H32FN3O. The molecule has 2 aliphatic carbocycles. The molecule has 1 aromatic heterocycles. The fourth-order valence-corrected chi connectivity index (χ4v) is 5.35. The maximum atomic E-state index is 13.8. The highest BCUT2D eigenvalue weighted by atomic mass is 19.1. The molecule has 1 saturated carbocycles. The number of benzene rings is 2. The summed E-state index contributed by atoms with van der Waals surface area (Å²) in [6.45, 7) is 0. The standard InChI is InChI=1S/C29H32FN3O/c30-23-15-16-24-22(19-23)14-17-25-28(24)31-26(18-21-10-5-2-6-11-21)29(32-25)33-27(34)13-7-12-20-8-3-1-4-9-20/h1,3-4,8-9,15-16,19,21H,2,5-7,10-14,17-18H2,(H,32,33,34). The van der Waals surface area contributed by atoms with Gasteiger partial charge < -0.3 is 5.32 Å². The Morgan fingerprint density at radius 3 is 2.65 bits per heavy atom. The average Bonchev–Trinajstić information content (AvgIpc) is 2.85. The zero-order valence-electron chi connectivity index (χ0n) is 19.7. The number of carbonyl (C=O) groups is 1. The van der Waals surface area contributed by atoms with E-state index in [1.165, 1.54) is 43.7 Å². The number of amides is 1. The summed E-state index contributed by atoms with van der Waals surface area (Å²) in [4.78, 5) is 22.8. The lowest BCUT2D eigenvalue weighted by Gasteiger charge is -2.24. The summed E-state index contributed by atoms with van der Waals surface area (Å²) in [6.07, 6.45) is 10.6. The summed E-state index contributed by atoms with van der Waals surface area (Å²) < 4.78 is 13.8. The highest BCUT2D eigenvalue weighted by Gasteiger charge is 2.24. The largest absolute Gasteiger partial charge is 0.309 e. The van der Waals surface area contributed by atoms with E-state index in [4.69, 9.17) is 9.97 Å². The molecule has 1 N–H and O–H groups in total. The van der Waals surface area contributed by atoms with Crippen molar-refractivity contribution < 1.29 is 9.18 Å². The van der Waals surface area contributed by atoms with E-state index in [-0.39, 0.29) is 11.7 Å². The Balaban J connectivity index is 1.36. The zero-order valence-corrected chi connectivity index (χ0v) is 19.7. The molecule has 0 spiro atoms. The van der Waals surface area contributed by atoms with Gasteiger partial charge in [0, 0.05) is 12.0 Å². The Kier molecular flexibility index (Phi) is 6.98. The number of hydrogen-bond acceptors (Lipinski definition) is 3. The van der Waals surface area contributed by atoms with E-state index >= 15 is 0 Å². The predicted molar refractivity (Wildman–Crippen MR) is 133 cm³/mol. The number of rotatable bonds is 7. The van der Waals surface area contributed by atoms with Gasteiger partial charge in [0.25, 0.3) is 0 Å². The van der Waals surface area contributed by atoms with Gasteiger partial charge in [0.2, 0.25) is 5.91 Å². The molecule has 4 nitrogen and oxygen atoms in total. The van der Waals surface area contributed by atoms with Gasteiger partial charge in [-0.3, -0.25) is 4.79 Å². The van der Waals surface area contributed by atoms with Crippen molar-refractivity contribution >= 4 is 11.7 Å². The molecule has 2 aliphatic rings. The summed E-state index contributed by atoms with van der Waals surface area (Å²) in [5.41, 5.74) is 5.83. The van der Waals surface area contributed by atoms with Crippen LogP contribution in [0.5, 0.6) is 0 Å². The quantitative estimate of drug-likeness (QED) is 0.443. The summed E-state index contributed by atoms with van der Waals surface area (Å²) in [5.74, 6) is 0.982. The minimum atomic E-state index is -0.211. The van der Waals surface area contributed by atoms with Crippen molar-refractivity contribution in [3.8, 4) is 11.3 Å². The molecule has 0 aliphatic heterocycles. The zero-order chi connectivity index (χ0) is 23.3. The highest BCUT2D eigenvalue weighted by Crippen LogP contribution is 2.35. The van der Waals surface area contributed by atoms with Gasteiger partial charge in [-0.1, -0.05) is 62.4 Å². The van der Waals surface area contributed by atoms with Crippen LogP contribution in [0, 0.1) is 11.7 Å². The van der Waals surface area contributed by atoms with Crippen LogP contribution in [0.15, 0.2) is 48.5 Å². The van der Waals surface area contributed by atoms with Gasteiger partial charge in [-0.05, 0) is 67.3 Å². The maximum absolute atomic E-state index is 13.8. The van der Waals surface area contributed by atoms with Gasteiger partial charge in [-0.15, -0.1) is 0 Å². The summed E-state index contributed by atoms with van der Waals surface area (Å²) in [7, 11) is 0. The lowest BCUT2D eigenvalue weighted by Crippen LogP contribution is -2.20. The molecule has 5 heteroatoms. The van der Waals surface area contributed by atoms with Crippen molar-refractivity contribution in [1.82, 2.24) is 9.97 Å². The first kappa shape index (κ1) is 22.7. The molecule has 1 heterocycles. The number of hydrogen-bond donors (Lipinski definition) is 1. The second kappa shape index (κ2) is 10.5. The van der Waals surface area contributed by atoms with Gasteiger partial charge in [0.1, 0.15) is 5.82 Å². The summed E-state index contributed by atoms with van der Waals surface area (Å²) in [5, 5.41) is 3.10. The number of halogens is 1. The normalized spacial score (nSPS) is 15.4. The third-order valence-electron chi connectivity index (χ3n) is 7.17. The second-order valence-corrected chi connectivity index (χ2v) is 9.71. The van der Waals surface area contributed by atoms with Crippen LogP contribution in [-0.4, -0.2) is 15.9 Å². The van der Waals surface area contributed by atoms with Crippen LogP contribution in [-0.2, 0) is 30.5 Å². The van der Waals surface area contributed by atoms with Crippen LogP contribution in [0.25, 0.3) is 11.3 Å². The topological polar surface area (TPSA) is 54.9 Å². The van der Waals surface area contributed by atoms with E-state index in [2.05, 4.69) is 17.4 Å². The van der Waals surface area contributed by atoms with Crippen LogP contribution in [0.4, 0.5) is 10.2 Å². The molecule has 2 aromatic carbocycles. The first-order valence-corrected chi connectivity index (χ1v) is 12.7. The van der Waals surface area contributed by atoms with Gasteiger partial charge in [-0.2, -0.15) is 0 Å². The molecule has 34 heavy (non-hydrogen) atoms. The number of nitrogens with zero attached hydrogens (tertiary/aromatic N) is 2. The third kappa shape index (κ3) is 5.35. The molecule has 0 radical (unpaired) electrons. The number of fused-ring (bicyclic) bond motifs is 3. The summed E-state index contributed by atoms with van der Waals surface area (Å²) >= 11 is 0. The van der Waals surface area contributed by atoms with Gasteiger partial charge in [-0.25, -0.2) is 14.4 Å². The fraction of sp³-hybridized carbons (Fsp3) is 0.414. The van der Waals surface area contributed by atoms with Crippen molar-refractivity contribution in [1.29, 1.82) is 0 Å². The minimum absolute atomic E-state index is 0.00615. The molecule has 5 rings (SSSR count). The molecule has 3 aromatic rings. The Hall–Kier alpha value is -3.08. The first-order chi connectivity index (χ1) is 16.7. The molecule has 1 fully saturated rings. The maximum Gasteiger partial charge on any atom is 0.225 e. The molecule has 0 saturated heterocycles. The van der Waals surface area contributed by atoms with Crippen molar-refractivity contribution in [2.45, 2.75) is 70.6 Å². The monoisotopic (exact) mass is 457 g/mol. The van der Waals surface area contributed by atoms with Crippen molar-refractivity contribution in [3.63, 3.8) is 0 Å². The SMILES string of the molecule is O=C(CCCc1ccccc1)Nc1nc2c(nc1CC1CCCCC1)-c1ccc(F)cc1CC2. The molecule has 1 amide bonds. The molecular weight excluding hydrogens is 425 g/mol. The van der Waals surface area contributed by atoms with E-state index < -0.39 is 0 Å². The Bertz CT molecular complexity index is 1160. The van der Waals surface area contributed by atoms with E-state index in [1.807, 2.05) is 24.3 Å². The van der Waals surface area contributed by atoms with Crippen LogP contribution in [0.3, 0.4) is 0 Å². The predicted octanol–water partition coefficient (Wildman–Crippen LogP) is 6.47. The number of anilines is 1. The van der Waals surface area contributed by atoms with E-state index in [0.717, 1.165) is 53.9 Å². The smallest absolute Gasteiger partial charge is 0.225 e. The number of carbonyl (C=O) groups excluding carboxylic acids is 1. The Morgan fingerprint density at radius 2 is 1.82 bits per heavy atom. The van der Waals surface area contributed by atoms with E-state index in [1.54, 1.807) is 6.07 Å². The van der Waals surface area contributed by atoms with Crippen LogP contribution < -0.4 is 5.32 Å². The lowest BCUT2D eigenvalue weighted by molar-refractivity contribution is -0.116. The van der Waals surface area contributed by atoms with Gasteiger partial charge in [0.15, 0.2) is 5.82 Å². The van der Waals surface area contributed by atoms with Crippen molar-refractivity contribution in [2.24, 2.45) is 5.92 Å². The Morgan fingerprint density at radius 1 is 1.00 bits per heavy atom. The number of aryl methyl sites for hydroxylation is 3. The Labute approximate surface area is 201 Å². The van der Waals surface area contributed by atoms with Crippen molar-refractivity contribution in [2.75, 3.05) is 5.32 Å². The second-order valence-electron chi connectivity index (χ2n) is 9.71. The van der Waals surface area contributed by atoms with Gasteiger partial charge in [0.05, 0.1) is 17.1 Å². The van der Waals surface area contributed by atoms with E-state index in [9.17, 15) is 9.18 Å². The molecule has 0 bridgehead atoms. The third-order valence-corrected chi connectivity index (χ3v) is 7.17. The minimum Gasteiger partial charge on any atom is -0.309 e. The van der Waals surface area contributed by atoms with Gasteiger partial charge >= 0.3 is 0 Å². The summed E-state index contributed by atoms with van der Waals surface area (Å²) in [6, 6.07) is 15.2. The van der Waals surface area contributed by atoms with Crippen LogP contribution in [0.1, 0.15) is 67.5 Å². The average molecular weight is 458 g/mol. The van der Waals surface area contributed by atoms with Crippen LogP contribution >= 0.6 is 0 Å². The molecule has 0 atom stereocenters. The van der Waals surface area contributed by atoms with E-state index in [0.29, 0.717) is 24.6 Å².